The van der Waals surface area contributed by atoms with Gasteiger partial charge >= 0.3 is 5.97 Å². The second-order valence-corrected chi connectivity index (χ2v) is 6.76. The van der Waals surface area contributed by atoms with E-state index in [1.165, 1.54) is 6.92 Å². The Bertz CT molecular complexity index is 1080. The maximum Gasteiger partial charge on any atom is 0.340 e. The fraction of sp³-hybridized carbons (Fsp3) is 0.227. The molecule has 1 aromatic heterocycles. The first-order valence-electron chi connectivity index (χ1n) is 8.99. The summed E-state index contributed by atoms with van der Waals surface area (Å²) in [5.41, 5.74) is 3.43. The lowest BCUT2D eigenvalue weighted by Crippen LogP contribution is -2.25. The highest BCUT2D eigenvalue weighted by molar-refractivity contribution is 6.12. The van der Waals surface area contributed by atoms with Gasteiger partial charge in [0.2, 0.25) is 11.7 Å². The number of benzene rings is 2. The fourth-order valence-corrected chi connectivity index (χ4v) is 3.25. The van der Waals surface area contributed by atoms with E-state index in [2.05, 4.69) is 10.3 Å². The van der Waals surface area contributed by atoms with Crippen molar-refractivity contribution in [2.45, 2.75) is 33.8 Å². The van der Waals surface area contributed by atoms with Crippen LogP contribution in [0.15, 0.2) is 42.5 Å². The molecule has 0 saturated heterocycles. The molecule has 144 valence electrons. The summed E-state index contributed by atoms with van der Waals surface area (Å²) in [6.07, 6.45) is -0.976. The summed E-state index contributed by atoms with van der Waals surface area (Å²) >= 11 is 0. The van der Waals surface area contributed by atoms with Gasteiger partial charge in [-0.3, -0.25) is 9.59 Å². The van der Waals surface area contributed by atoms with Crippen molar-refractivity contribution in [1.29, 1.82) is 0 Å². The van der Waals surface area contributed by atoms with Gasteiger partial charge in [-0.05, 0) is 38.5 Å². The van der Waals surface area contributed by atoms with Gasteiger partial charge in [0.25, 0.3) is 0 Å². The topological polar surface area (TPSA) is 88.3 Å². The Morgan fingerprint density at radius 1 is 1.04 bits per heavy atom. The number of ketones is 1. The number of carbonyl (C=O) groups excluding carboxylic acids is 3. The number of amides is 1. The van der Waals surface area contributed by atoms with E-state index in [0.29, 0.717) is 11.3 Å². The molecule has 28 heavy (non-hydrogen) atoms. The van der Waals surface area contributed by atoms with Crippen LogP contribution >= 0.6 is 0 Å². The van der Waals surface area contributed by atoms with E-state index in [-0.39, 0.29) is 17.3 Å². The van der Waals surface area contributed by atoms with Gasteiger partial charge in [0.15, 0.2) is 6.10 Å². The number of ether oxygens (including phenoxy) is 1. The van der Waals surface area contributed by atoms with Crippen LogP contribution in [0.1, 0.15) is 45.8 Å². The van der Waals surface area contributed by atoms with Gasteiger partial charge in [0.1, 0.15) is 0 Å². The largest absolute Gasteiger partial charge is 0.451 e. The maximum atomic E-state index is 13.0. The summed E-state index contributed by atoms with van der Waals surface area (Å²) in [5, 5.41) is 3.45. The van der Waals surface area contributed by atoms with Crippen LogP contribution < -0.4 is 5.32 Å². The van der Waals surface area contributed by atoms with Gasteiger partial charge in [-0.15, -0.1) is 0 Å². The number of aromatic amines is 1. The van der Waals surface area contributed by atoms with Crippen LogP contribution in [0.2, 0.25) is 0 Å². The lowest BCUT2D eigenvalue weighted by molar-refractivity contribution is -0.114. The molecular formula is C22H22N2O4. The molecule has 0 bridgehead atoms. The number of aryl methyl sites for hydroxylation is 2. The highest BCUT2D eigenvalue weighted by atomic mass is 16.5. The molecule has 6 nitrogen and oxygen atoms in total. The van der Waals surface area contributed by atoms with Gasteiger partial charge in [-0.2, -0.15) is 0 Å². The summed E-state index contributed by atoms with van der Waals surface area (Å²) < 4.78 is 5.45. The number of esters is 1. The third-order valence-corrected chi connectivity index (χ3v) is 4.59. The first-order valence-corrected chi connectivity index (χ1v) is 8.99. The van der Waals surface area contributed by atoms with Gasteiger partial charge in [-0.1, -0.05) is 30.3 Å². The minimum Gasteiger partial charge on any atom is -0.451 e. The zero-order valence-corrected chi connectivity index (χ0v) is 16.3. The van der Waals surface area contributed by atoms with Crippen molar-refractivity contribution < 1.29 is 19.1 Å². The lowest BCUT2D eigenvalue weighted by atomic mass is 10.0. The molecule has 0 fully saturated rings. The standard InChI is InChI=1S/C22H22N2O4/c1-12-8-7-10-17(20(12)24-15(4)25)22(27)28-14(3)21(26)19-13(2)23-18-11-6-5-9-16(18)19/h5-11,14,23H,1-4H3,(H,24,25)/t14-/m1/s1. The zero-order valence-electron chi connectivity index (χ0n) is 16.3. The minimum absolute atomic E-state index is 0.213. The van der Waals surface area contributed by atoms with Crippen molar-refractivity contribution >= 4 is 34.3 Å². The number of anilines is 1. The first kappa shape index (κ1) is 19.4. The number of Topliss-reactive ketones (excluding diaryl/α,β-unsaturated/α-hetero) is 1. The molecule has 2 N–H and O–H groups in total. The van der Waals surface area contributed by atoms with Crippen molar-refractivity contribution in [3.63, 3.8) is 0 Å². The summed E-state index contributed by atoms with van der Waals surface area (Å²) in [7, 11) is 0. The fourth-order valence-electron chi connectivity index (χ4n) is 3.25. The number of aromatic nitrogens is 1. The van der Waals surface area contributed by atoms with Crippen LogP contribution in [0.4, 0.5) is 5.69 Å². The molecule has 3 aromatic rings. The van der Waals surface area contributed by atoms with Crippen LogP contribution in [-0.2, 0) is 9.53 Å². The molecule has 1 amide bonds. The van der Waals surface area contributed by atoms with Crippen LogP contribution in [0.3, 0.4) is 0 Å². The number of H-pyrrole nitrogens is 1. The number of hydrogen-bond acceptors (Lipinski definition) is 4. The summed E-state index contributed by atoms with van der Waals surface area (Å²) in [6, 6.07) is 12.5. The van der Waals surface area contributed by atoms with Crippen molar-refractivity contribution in [1.82, 2.24) is 4.98 Å². The molecule has 6 heteroatoms. The normalized spacial score (nSPS) is 11.9. The molecule has 2 aromatic carbocycles. The van der Waals surface area contributed by atoms with E-state index in [1.54, 1.807) is 32.0 Å². The summed E-state index contributed by atoms with van der Waals surface area (Å²) in [6.45, 7) is 6.52. The second kappa shape index (κ2) is 7.68. The number of nitrogens with one attached hydrogen (secondary N) is 2. The van der Waals surface area contributed by atoms with Gasteiger partial charge in [0, 0.05) is 29.1 Å². The smallest absolute Gasteiger partial charge is 0.340 e. The number of carbonyl (C=O) groups is 3. The number of fused-ring (bicyclic) bond motifs is 1. The van der Waals surface area contributed by atoms with Crippen molar-refractivity contribution in [2.75, 3.05) is 5.32 Å². The maximum absolute atomic E-state index is 13.0. The quantitative estimate of drug-likeness (QED) is 0.515. The minimum atomic E-state index is -0.976. The first-order chi connectivity index (χ1) is 13.3. The predicted molar refractivity (Wildman–Crippen MR) is 108 cm³/mol. The van der Waals surface area contributed by atoms with E-state index in [9.17, 15) is 14.4 Å². The zero-order chi connectivity index (χ0) is 20.4. The third kappa shape index (κ3) is 3.67. The molecule has 0 aliphatic rings. The molecule has 0 aliphatic heterocycles. The van der Waals surface area contributed by atoms with Crippen molar-refractivity contribution in [3.05, 3.63) is 64.8 Å². The van der Waals surface area contributed by atoms with E-state index in [0.717, 1.165) is 22.2 Å². The van der Waals surface area contributed by atoms with Crippen LogP contribution in [0.25, 0.3) is 10.9 Å². The van der Waals surface area contributed by atoms with Crippen molar-refractivity contribution in [2.24, 2.45) is 0 Å². The Hall–Kier alpha value is -3.41. The highest BCUT2D eigenvalue weighted by Gasteiger charge is 2.26. The Morgan fingerprint density at radius 3 is 2.46 bits per heavy atom. The SMILES string of the molecule is CC(=O)Nc1c(C)cccc1C(=O)O[C@H](C)C(=O)c1c(C)[nH]c2ccccc12. The summed E-state index contributed by atoms with van der Waals surface area (Å²) in [4.78, 5) is 40.3. The van der Waals surface area contributed by atoms with E-state index >= 15 is 0 Å². The number of hydrogen-bond donors (Lipinski definition) is 2. The van der Waals surface area contributed by atoms with Crippen LogP contribution in [-0.4, -0.2) is 28.7 Å². The molecule has 0 saturated carbocycles. The molecule has 3 rings (SSSR count). The van der Waals surface area contributed by atoms with Gasteiger partial charge in [0.05, 0.1) is 11.3 Å². The second-order valence-electron chi connectivity index (χ2n) is 6.76. The van der Waals surface area contributed by atoms with E-state index in [4.69, 9.17) is 4.74 Å². The Morgan fingerprint density at radius 2 is 1.75 bits per heavy atom. The lowest BCUT2D eigenvalue weighted by Gasteiger charge is -2.16. The van der Waals surface area contributed by atoms with Gasteiger partial charge in [-0.25, -0.2) is 4.79 Å². The predicted octanol–water partition coefficient (Wildman–Crippen LogP) is 4.17. The van der Waals surface area contributed by atoms with Crippen LogP contribution in [0.5, 0.6) is 0 Å². The number of rotatable bonds is 5. The molecule has 0 radical (unpaired) electrons. The Kier molecular flexibility index (Phi) is 5.31. The van der Waals surface area contributed by atoms with Gasteiger partial charge < -0.3 is 15.0 Å². The molecule has 0 spiro atoms. The van der Waals surface area contributed by atoms with E-state index in [1.807, 2.05) is 31.2 Å². The monoisotopic (exact) mass is 378 g/mol. The Labute approximate surface area is 162 Å². The summed E-state index contributed by atoms with van der Waals surface area (Å²) in [5.74, 6) is -1.23. The molecule has 0 unspecified atom stereocenters. The number of para-hydroxylation sites is 2. The highest BCUT2D eigenvalue weighted by Crippen LogP contribution is 2.25. The molecule has 1 atom stereocenters. The molecular weight excluding hydrogens is 356 g/mol. The molecule has 0 aliphatic carbocycles. The third-order valence-electron chi connectivity index (χ3n) is 4.59. The molecule has 1 heterocycles. The van der Waals surface area contributed by atoms with Crippen molar-refractivity contribution in [3.8, 4) is 0 Å². The Balaban J connectivity index is 1.87. The average Bonchev–Trinajstić information content (AvgIpc) is 2.97. The van der Waals surface area contributed by atoms with Crippen LogP contribution in [0, 0.1) is 13.8 Å². The van der Waals surface area contributed by atoms with E-state index < -0.39 is 12.1 Å². The average molecular weight is 378 g/mol.